The summed E-state index contributed by atoms with van der Waals surface area (Å²) in [5.41, 5.74) is 2.77. The van der Waals surface area contributed by atoms with Gasteiger partial charge < -0.3 is 15.4 Å². The van der Waals surface area contributed by atoms with Gasteiger partial charge in [0.15, 0.2) is 0 Å². The lowest BCUT2D eigenvalue weighted by Crippen LogP contribution is -2.51. The summed E-state index contributed by atoms with van der Waals surface area (Å²) in [6.45, 7) is 6.04. The first kappa shape index (κ1) is 17.3. The van der Waals surface area contributed by atoms with Gasteiger partial charge in [-0.25, -0.2) is 0 Å². The van der Waals surface area contributed by atoms with Crippen molar-refractivity contribution in [1.82, 2.24) is 10.6 Å². The van der Waals surface area contributed by atoms with E-state index in [1.54, 1.807) is 0 Å². The van der Waals surface area contributed by atoms with Gasteiger partial charge in [0, 0.05) is 36.7 Å². The molecule has 23 heavy (non-hydrogen) atoms. The molecule has 4 heteroatoms. The first-order valence-electron chi connectivity index (χ1n) is 9.01. The number of morpholine rings is 1. The third-order valence-electron chi connectivity index (χ3n) is 5.08. The van der Waals surface area contributed by atoms with Gasteiger partial charge in [-0.05, 0) is 31.2 Å². The molecule has 1 aliphatic carbocycles. The van der Waals surface area contributed by atoms with E-state index in [0.29, 0.717) is 12.1 Å². The van der Waals surface area contributed by atoms with Gasteiger partial charge in [-0.15, -0.1) is 0 Å². The van der Waals surface area contributed by atoms with E-state index < -0.39 is 0 Å². The van der Waals surface area contributed by atoms with Gasteiger partial charge in [0.2, 0.25) is 0 Å². The summed E-state index contributed by atoms with van der Waals surface area (Å²) in [6, 6.07) is 10.1. The highest BCUT2D eigenvalue weighted by Gasteiger charge is 2.34. The molecule has 1 saturated carbocycles. The number of ether oxygens (including phenoxy) is 1. The Morgan fingerprint density at radius 3 is 2.91 bits per heavy atom. The standard InChI is InChI=1S/C19H30N2OS/c1-15-5-7-16(8-6-15)14-23-12-10-21-18-4-2-3-17(18)19-13-22-11-9-20-19/h5-8,17-21H,2-4,9-14H2,1H3. The third-order valence-corrected chi connectivity index (χ3v) is 6.11. The van der Waals surface area contributed by atoms with Crippen LogP contribution in [0.4, 0.5) is 0 Å². The van der Waals surface area contributed by atoms with Crippen LogP contribution in [0.15, 0.2) is 24.3 Å². The van der Waals surface area contributed by atoms with E-state index in [1.165, 1.54) is 36.1 Å². The van der Waals surface area contributed by atoms with Crippen LogP contribution < -0.4 is 10.6 Å². The Morgan fingerprint density at radius 1 is 1.26 bits per heavy atom. The van der Waals surface area contributed by atoms with Gasteiger partial charge in [-0.3, -0.25) is 0 Å². The van der Waals surface area contributed by atoms with E-state index in [4.69, 9.17) is 4.74 Å². The lowest BCUT2D eigenvalue weighted by molar-refractivity contribution is 0.0527. The van der Waals surface area contributed by atoms with Crippen molar-refractivity contribution in [2.75, 3.05) is 32.1 Å². The van der Waals surface area contributed by atoms with E-state index in [-0.39, 0.29) is 0 Å². The Balaban J connectivity index is 1.34. The number of hydrogen-bond acceptors (Lipinski definition) is 4. The second-order valence-electron chi connectivity index (χ2n) is 6.83. The highest BCUT2D eigenvalue weighted by molar-refractivity contribution is 7.98. The zero-order valence-electron chi connectivity index (χ0n) is 14.2. The minimum absolute atomic E-state index is 0.559. The summed E-state index contributed by atoms with van der Waals surface area (Å²) in [6.07, 6.45) is 4.03. The zero-order chi connectivity index (χ0) is 15.9. The molecular formula is C19H30N2OS. The Labute approximate surface area is 145 Å². The van der Waals surface area contributed by atoms with Gasteiger partial charge in [-0.2, -0.15) is 11.8 Å². The van der Waals surface area contributed by atoms with E-state index in [1.807, 2.05) is 11.8 Å². The average Bonchev–Trinajstić information content (AvgIpc) is 3.05. The zero-order valence-corrected chi connectivity index (χ0v) is 15.0. The van der Waals surface area contributed by atoms with Crippen molar-refractivity contribution in [2.24, 2.45) is 5.92 Å². The van der Waals surface area contributed by atoms with E-state index >= 15 is 0 Å². The van der Waals surface area contributed by atoms with Crippen LogP contribution in [-0.2, 0) is 10.5 Å². The maximum absolute atomic E-state index is 5.65. The number of benzene rings is 1. The highest BCUT2D eigenvalue weighted by atomic mass is 32.2. The lowest BCUT2D eigenvalue weighted by atomic mass is 9.94. The molecule has 3 unspecified atom stereocenters. The summed E-state index contributed by atoms with van der Waals surface area (Å²) in [5, 5.41) is 7.46. The maximum Gasteiger partial charge on any atom is 0.0623 e. The fourth-order valence-electron chi connectivity index (χ4n) is 3.78. The van der Waals surface area contributed by atoms with Crippen molar-refractivity contribution in [1.29, 1.82) is 0 Å². The monoisotopic (exact) mass is 334 g/mol. The molecule has 1 aliphatic heterocycles. The molecule has 0 amide bonds. The molecule has 3 atom stereocenters. The molecule has 3 rings (SSSR count). The molecule has 1 aromatic carbocycles. The second kappa shape index (κ2) is 9.07. The summed E-state index contributed by atoms with van der Waals surface area (Å²) in [7, 11) is 0. The van der Waals surface area contributed by atoms with Gasteiger partial charge in [-0.1, -0.05) is 36.2 Å². The number of nitrogens with one attached hydrogen (secondary N) is 2. The molecule has 3 nitrogen and oxygen atoms in total. The molecule has 0 spiro atoms. The number of aryl methyl sites for hydroxylation is 1. The fraction of sp³-hybridized carbons (Fsp3) is 0.684. The van der Waals surface area contributed by atoms with Crippen LogP contribution in [0.3, 0.4) is 0 Å². The molecule has 0 aromatic heterocycles. The Hall–Kier alpha value is -0.550. The summed E-state index contributed by atoms with van der Waals surface area (Å²) >= 11 is 2.03. The van der Waals surface area contributed by atoms with Crippen LogP contribution in [0.1, 0.15) is 30.4 Å². The smallest absolute Gasteiger partial charge is 0.0623 e. The van der Waals surface area contributed by atoms with E-state index in [0.717, 1.165) is 38.0 Å². The summed E-state index contributed by atoms with van der Waals surface area (Å²) in [5.74, 6) is 3.05. The van der Waals surface area contributed by atoms with Crippen LogP contribution in [0.25, 0.3) is 0 Å². The van der Waals surface area contributed by atoms with E-state index in [2.05, 4.69) is 41.8 Å². The topological polar surface area (TPSA) is 33.3 Å². The minimum Gasteiger partial charge on any atom is -0.379 e. The van der Waals surface area contributed by atoms with Crippen molar-refractivity contribution < 1.29 is 4.74 Å². The fourth-order valence-corrected chi connectivity index (χ4v) is 4.61. The van der Waals surface area contributed by atoms with Gasteiger partial charge in [0.1, 0.15) is 0 Å². The van der Waals surface area contributed by atoms with Gasteiger partial charge in [0.25, 0.3) is 0 Å². The first-order valence-corrected chi connectivity index (χ1v) is 10.2. The minimum atomic E-state index is 0.559. The lowest BCUT2D eigenvalue weighted by Gasteiger charge is -2.33. The molecule has 128 valence electrons. The van der Waals surface area contributed by atoms with Crippen molar-refractivity contribution in [2.45, 2.75) is 44.0 Å². The van der Waals surface area contributed by atoms with Crippen LogP contribution in [0.5, 0.6) is 0 Å². The first-order chi connectivity index (χ1) is 11.3. The number of hydrogen-bond donors (Lipinski definition) is 2. The SMILES string of the molecule is Cc1ccc(CSCCNC2CCCC2C2COCCN2)cc1. The van der Waals surface area contributed by atoms with Crippen LogP contribution in [0.2, 0.25) is 0 Å². The third kappa shape index (κ3) is 5.21. The predicted molar refractivity (Wildman–Crippen MR) is 99.1 cm³/mol. The molecule has 0 bridgehead atoms. The van der Waals surface area contributed by atoms with Crippen molar-refractivity contribution >= 4 is 11.8 Å². The normalized spacial score (nSPS) is 28.1. The molecule has 0 radical (unpaired) electrons. The van der Waals surface area contributed by atoms with Crippen molar-refractivity contribution in [3.05, 3.63) is 35.4 Å². The van der Waals surface area contributed by atoms with Gasteiger partial charge >= 0.3 is 0 Å². The van der Waals surface area contributed by atoms with Crippen LogP contribution in [0, 0.1) is 12.8 Å². The number of rotatable bonds is 7. The Morgan fingerprint density at radius 2 is 2.13 bits per heavy atom. The average molecular weight is 335 g/mol. The molecule has 2 aliphatic rings. The maximum atomic E-state index is 5.65. The molecule has 2 fully saturated rings. The second-order valence-corrected chi connectivity index (χ2v) is 7.93. The van der Waals surface area contributed by atoms with Crippen LogP contribution >= 0.6 is 11.8 Å². The quantitative estimate of drug-likeness (QED) is 0.751. The van der Waals surface area contributed by atoms with E-state index in [9.17, 15) is 0 Å². The van der Waals surface area contributed by atoms with Crippen LogP contribution in [-0.4, -0.2) is 44.1 Å². The van der Waals surface area contributed by atoms with Crippen molar-refractivity contribution in [3.63, 3.8) is 0 Å². The number of thioether (sulfide) groups is 1. The molecule has 1 saturated heterocycles. The van der Waals surface area contributed by atoms with Crippen molar-refractivity contribution in [3.8, 4) is 0 Å². The molecule has 1 aromatic rings. The predicted octanol–water partition coefficient (Wildman–Crippen LogP) is 2.97. The summed E-state index contributed by atoms with van der Waals surface area (Å²) in [4.78, 5) is 0. The Bertz CT molecular complexity index is 459. The highest BCUT2D eigenvalue weighted by Crippen LogP contribution is 2.29. The van der Waals surface area contributed by atoms with Gasteiger partial charge in [0.05, 0.1) is 13.2 Å². The largest absolute Gasteiger partial charge is 0.379 e. The Kier molecular flexibility index (Phi) is 6.81. The molecule has 1 heterocycles. The summed E-state index contributed by atoms with van der Waals surface area (Å²) < 4.78 is 5.65. The molecular weight excluding hydrogens is 304 g/mol. The molecule has 2 N–H and O–H groups in total.